The maximum absolute atomic E-state index is 11.5. The van der Waals surface area contributed by atoms with Gasteiger partial charge in [0.1, 0.15) is 0 Å². The minimum Gasteiger partial charge on any atom is -0.305 e. The predicted octanol–water partition coefficient (Wildman–Crippen LogP) is 0.269. The van der Waals surface area contributed by atoms with Crippen LogP contribution in [0.3, 0.4) is 0 Å². The molecular weight excluding hydrogens is 174 g/mol. The molecule has 0 N–H and O–H groups in total. The number of nitrogens with zero attached hydrogens (tertiary/aromatic N) is 1. The molecule has 0 radical (unpaired) electrons. The molecule has 70 valence electrons. The lowest BCUT2D eigenvalue weighted by Crippen LogP contribution is -2.59. The van der Waals surface area contributed by atoms with Crippen molar-refractivity contribution < 1.29 is 8.42 Å². The molecule has 0 aromatic carbocycles. The first-order chi connectivity index (χ1) is 5.56. The van der Waals surface area contributed by atoms with Crippen LogP contribution in [0.2, 0.25) is 0 Å². The maximum Gasteiger partial charge on any atom is 0.157 e. The number of likely N-dealkylation sites (tertiary alicyclic amines) is 1. The zero-order chi connectivity index (χ0) is 8.82. The van der Waals surface area contributed by atoms with Crippen molar-refractivity contribution in [3.8, 4) is 0 Å². The minimum atomic E-state index is -2.72. The van der Waals surface area contributed by atoms with Gasteiger partial charge < -0.3 is 4.90 Å². The molecule has 0 aromatic heterocycles. The molecule has 4 heteroatoms. The van der Waals surface area contributed by atoms with Gasteiger partial charge in [0, 0.05) is 6.54 Å². The van der Waals surface area contributed by atoms with E-state index >= 15 is 0 Å². The van der Waals surface area contributed by atoms with Gasteiger partial charge in [-0.15, -0.1) is 0 Å². The second-order valence-corrected chi connectivity index (χ2v) is 6.60. The molecule has 2 heterocycles. The van der Waals surface area contributed by atoms with Crippen LogP contribution in [0, 0.1) is 0 Å². The lowest BCUT2D eigenvalue weighted by molar-refractivity contribution is 0.208. The standard InChI is InChI=1S/C8H15NO2S/c1-9-5-2-3-8(7-9)4-6-12(8,10)11/h2-7H2,1H3/t8-/m1/s1. The van der Waals surface area contributed by atoms with Crippen molar-refractivity contribution in [1.82, 2.24) is 4.90 Å². The second-order valence-electron chi connectivity index (χ2n) is 4.09. The zero-order valence-corrected chi connectivity index (χ0v) is 8.23. The van der Waals surface area contributed by atoms with Gasteiger partial charge >= 0.3 is 0 Å². The molecule has 2 aliphatic heterocycles. The maximum atomic E-state index is 11.5. The Hall–Kier alpha value is -0.0900. The van der Waals surface area contributed by atoms with E-state index in [9.17, 15) is 8.42 Å². The first kappa shape index (κ1) is 8.51. The highest BCUT2D eigenvalue weighted by molar-refractivity contribution is 7.94. The van der Waals surface area contributed by atoms with Crippen LogP contribution in [-0.2, 0) is 9.84 Å². The Balaban J connectivity index is 2.22. The second kappa shape index (κ2) is 2.45. The first-order valence-electron chi connectivity index (χ1n) is 4.47. The fraction of sp³-hybridized carbons (Fsp3) is 1.00. The summed E-state index contributed by atoms with van der Waals surface area (Å²) in [4.78, 5) is 2.14. The Morgan fingerprint density at radius 3 is 2.42 bits per heavy atom. The van der Waals surface area contributed by atoms with Crippen LogP contribution in [0.25, 0.3) is 0 Å². The normalized spacial score (nSPS) is 41.1. The molecule has 2 aliphatic rings. The van der Waals surface area contributed by atoms with Crippen LogP contribution in [0.5, 0.6) is 0 Å². The third-order valence-electron chi connectivity index (χ3n) is 3.22. The van der Waals surface area contributed by atoms with E-state index in [1.165, 1.54) is 0 Å². The molecule has 0 amide bonds. The van der Waals surface area contributed by atoms with E-state index < -0.39 is 9.84 Å². The summed E-state index contributed by atoms with van der Waals surface area (Å²) in [7, 11) is -0.711. The van der Waals surface area contributed by atoms with Crippen molar-refractivity contribution in [3.05, 3.63) is 0 Å². The molecule has 0 aromatic rings. The summed E-state index contributed by atoms with van der Waals surface area (Å²) in [6.45, 7) is 1.81. The van der Waals surface area contributed by atoms with E-state index in [1.807, 2.05) is 7.05 Å². The van der Waals surface area contributed by atoms with Gasteiger partial charge in [0.15, 0.2) is 9.84 Å². The number of rotatable bonds is 0. The third kappa shape index (κ3) is 1.01. The van der Waals surface area contributed by atoms with Gasteiger partial charge in [-0.25, -0.2) is 8.42 Å². The van der Waals surface area contributed by atoms with Gasteiger partial charge in [-0.3, -0.25) is 0 Å². The molecule has 0 unspecified atom stereocenters. The minimum absolute atomic E-state index is 0.333. The molecule has 0 saturated carbocycles. The summed E-state index contributed by atoms with van der Waals surface area (Å²) in [5.74, 6) is 0.418. The molecule has 2 rings (SSSR count). The Morgan fingerprint density at radius 2 is 2.08 bits per heavy atom. The molecule has 1 spiro atoms. The number of piperidine rings is 1. The van der Waals surface area contributed by atoms with Crippen LogP contribution < -0.4 is 0 Å². The van der Waals surface area contributed by atoms with Crippen molar-refractivity contribution in [1.29, 1.82) is 0 Å². The molecule has 2 fully saturated rings. The SMILES string of the molecule is CN1CCC[C@@]2(CCS2(=O)=O)C1. The topological polar surface area (TPSA) is 37.4 Å². The van der Waals surface area contributed by atoms with Crippen molar-refractivity contribution >= 4 is 9.84 Å². The predicted molar refractivity (Wildman–Crippen MR) is 47.9 cm³/mol. The fourth-order valence-electron chi connectivity index (χ4n) is 2.34. The molecule has 0 aliphatic carbocycles. The Bertz CT molecular complexity index is 285. The molecule has 1 atom stereocenters. The lowest BCUT2D eigenvalue weighted by Gasteiger charge is -2.46. The van der Waals surface area contributed by atoms with Crippen LogP contribution >= 0.6 is 0 Å². The number of hydrogen-bond acceptors (Lipinski definition) is 3. The molecular formula is C8H15NO2S. The Morgan fingerprint density at radius 1 is 1.33 bits per heavy atom. The average Bonchev–Trinajstić information content (AvgIpc) is 2.03. The molecule has 0 bridgehead atoms. The van der Waals surface area contributed by atoms with E-state index in [-0.39, 0.29) is 4.75 Å². The van der Waals surface area contributed by atoms with Crippen molar-refractivity contribution in [3.63, 3.8) is 0 Å². The zero-order valence-electron chi connectivity index (χ0n) is 7.41. The summed E-state index contributed by atoms with van der Waals surface area (Å²) in [5, 5.41) is 0. The van der Waals surface area contributed by atoms with Gasteiger partial charge in [0.2, 0.25) is 0 Å². The highest BCUT2D eigenvalue weighted by Crippen LogP contribution is 2.40. The monoisotopic (exact) mass is 189 g/mol. The van der Waals surface area contributed by atoms with E-state index in [0.29, 0.717) is 5.75 Å². The fourth-order valence-corrected chi connectivity index (χ4v) is 4.32. The first-order valence-corrected chi connectivity index (χ1v) is 6.12. The van der Waals surface area contributed by atoms with E-state index in [4.69, 9.17) is 0 Å². The van der Waals surface area contributed by atoms with Crippen LogP contribution in [-0.4, -0.2) is 44.0 Å². The van der Waals surface area contributed by atoms with Crippen LogP contribution in [0.15, 0.2) is 0 Å². The quantitative estimate of drug-likeness (QED) is 0.549. The van der Waals surface area contributed by atoms with Gasteiger partial charge in [-0.1, -0.05) is 0 Å². The Kier molecular flexibility index (Phi) is 1.74. The van der Waals surface area contributed by atoms with Crippen molar-refractivity contribution in [2.75, 3.05) is 25.9 Å². The van der Waals surface area contributed by atoms with Gasteiger partial charge in [-0.05, 0) is 32.9 Å². The largest absolute Gasteiger partial charge is 0.305 e. The van der Waals surface area contributed by atoms with Gasteiger partial charge in [0.25, 0.3) is 0 Å². The van der Waals surface area contributed by atoms with Crippen molar-refractivity contribution in [2.24, 2.45) is 0 Å². The van der Waals surface area contributed by atoms with Crippen LogP contribution in [0.4, 0.5) is 0 Å². The summed E-state index contributed by atoms with van der Waals surface area (Å²) >= 11 is 0. The number of hydrogen-bond donors (Lipinski definition) is 0. The number of sulfone groups is 1. The van der Waals surface area contributed by atoms with Crippen molar-refractivity contribution in [2.45, 2.75) is 24.0 Å². The third-order valence-corrected chi connectivity index (χ3v) is 5.81. The highest BCUT2D eigenvalue weighted by Gasteiger charge is 2.53. The Labute approximate surface area is 73.7 Å². The smallest absolute Gasteiger partial charge is 0.157 e. The summed E-state index contributed by atoms with van der Waals surface area (Å²) in [5.41, 5.74) is 0. The molecule has 12 heavy (non-hydrogen) atoms. The molecule has 2 saturated heterocycles. The average molecular weight is 189 g/mol. The summed E-state index contributed by atoms with van der Waals surface area (Å²) < 4.78 is 22.7. The van der Waals surface area contributed by atoms with E-state index in [0.717, 1.165) is 32.4 Å². The van der Waals surface area contributed by atoms with Crippen LogP contribution in [0.1, 0.15) is 19.3 Å². The molecule has 3 nitrogen and oxygen atoms in total. The summed E-state index contributed by atoms with van der Waals surface area (Å²) in [6, 6.07) is 0. The summed E-state index contributed by atoms with van der Waals surface area (Å²) in [6.07, 6.45) is 2.81. The van der Waals surface area contributed by atoms with E-state index in [1.54, 1.807) is 0 Å². The van der Waals surface area contributed by atoms with Gasteiger partial charge in [-0.2, -0.15) is 0 Å². The van der Waals surface area contributed by atoms with E-state index in [2.05, 4.69) is 4.90 Å². The lowest BCUT2D eigenvalue weighted by atomic mass is 9.94. The highest BCUT2D eigenvalue weighted by atomic mass is 32.2. The van der Waals surface area contributed by atoms with Gasteiger partial charge in [0.05, 0.1) is 10.5 Å².